The van der Waals surface area contributed by atoms with Crippen molar-refractivity contribution in [1.82, 2.24) is 4.31 Å². The zero-order chi connectivity index (χ0) is 19.4. The normalized spacial score (nSPS) is 15.5. The third-order valence-electron chi connectivity index (χ3n) is 4.69. The van der Waals surface area contributed by atoms with Gasteiger partial charge in [0.15, 0.2) is 0 Å². The summed E-state index contributed by atoms with van der Waals surface area (Å²) in [6, 6.07) is 12.0. The van der Waals surface area contributed by atoms with Crippen molar-refractivity contribution in [3.8, 4) is 0 Å². The van der Waals surface area contributed by atoms with Gasteiger partial charge in [-0.15, -0.1) is 0 Å². The fourth-order valence-corrected chi connectivity index (χ4v) is 4.92. The maximum Gasteiger partial charge on any atom is 0.338 e. The van der Waals surface area contributed by atoms with Crippen molar-refractivity contribution in [1.29, 1.82) is 0 Å². The van der Waals surface area contributed by atoms with Crippen LogP contribution >= 0.6 is 0 Å². The second-order valence-electron chi connectivity index (χ2n) is 7.06. The Morgan fingerprint density at radius 3 is 2.15 bits per heavy atom. The lowest BCUT2D eigenvalue weighted by molar-refractivity contribution is 0.0472. The van der Waals surface area contributed by atoms with Crippen molar-refractivity contribution in [2.45, 2.75) is 44.6 Å². The minimum Gasteiger partial charge on any atom is -0.457 e. The van der Waals surface area contributed by atoms with Crippen LogP contribution in [0.3, 0.4) is 0 Å². The van der Waals surface area contributed by atoms with Crippen LogP contribution in [-0.4, -0.2) is 31.8 Å². The van der Waals surface area contributed by atoms with Gasteiger partial charge in [-0.2, -0.15) is 4.31 Å². The number of rotatable bonds is 5. The molecule has 0 saturated carbocycles. The molecule has 6 heteroatoms. The Hall–Kier alpha value is -2.18. The Bertz CT molecular complexity index is 893. The molecule has 1 saturated heterocycles. The summed E-state index contributed by atoms with van der Waals surface area (Å²) < 4.78 is 32.2. The maximum atomic E-state index is 12.7. The first kappa shape index (κ1) is 19.6. The fourth-order valence-electron chi connectivity index (χ4n) is 3.40. The largest absolute Gasteiger partial charge is 0.457 e. The lowest BCUT2D eigenvalue weighted by Gasteiger charge is -2.25. The predicted molar refractivity (Wildman–Crippen MR) is 104 cm³/mol. The molecule has 1 aliphatic rings. The van der Waals surface area contributed by atoms with E-state index in [-0.39, 0.29) is 11.5 Å². The highest BCUT2D eigenvalue weighted by molar-refractivity contribution is 7.89. The van der Waals surface area contributed by atoms with Crippen molar-refractivity contribution in [3.05, 3.63) is 64.7 Å². The molecule has 2 aromatic rings. The average molecular weight is 388 g/mol. The van der Waals surface area contributed by atoms with Crippen molar-refractivity contribution < 1.29 is 17.9 Å². The molecule has 3 rings (SSSR count). The molecule has 1 fully saturated rings. The lowest BCUT2D eigenvalue weighted by atomic mass is 10.1. The number of nitrogens with zero attached hydrogens (tertiary/aromatic N) is 1. The predicted octanol–water partition coefficient (Wildman–Crippen LogP) is 3.84. The molecule has 144 valence electrons. The van der Waals surface area contributed by atoms with Crippen molar-refractivity contribution in [2.24, 2.45) is 0 Å². The van der Waals surface area contributed by atoms with Gasteiger partial charge in [-0.3, -0.25) is 0 Å². The summed E-state index contributed by atoms with van der Waals surface area (Å²) in [7, 11) is -3.49. The highest BCUT2D eigenvalue weighted by Gasteiger charge is 2.26. The number of ether oxygens (including phenoxy) is 1. The first-order valence-electron chi connectivity index (χ1n) is 9.21. The molecule has 0 atom stereocenters. The van der Waals surface area contributed by atoms with E-state index in [0.717, 1.165) is 36.0 Å². The molecule has 1 heterocycles. The van der Waals surface area contributed by atoms with Crippen LogP contribution in [0.25, 0.3) is 0 Å². The van der Waals surface area contributed by atoms with Crippen LogP contribution < -0.4 is 0 Å². The summed E-state index contributed by atoms with van der Waals surface area (Å²) in [5.41, 5.74) is 3.52. The van der Waals surface area contributed by atoms with Gasteiger partial charge in [-0.05, 0) is 56.5 Å². The number of aryl methyl sites for hydroxylation is 2. The van der Waals surface area contributed by atoms with Crippen LogP contribution in [0, 0.1) is 13.8 Å². The van der Waals surface area contributed by atoms with Crippen molar-refractivity contribution in [3.63, 3.8) is 0 Å². The van der Waals surface area contributed by atoms with Gasteiger partial charge in [0.05, 0.1) is 10.5 Å². The van der Waals surface area contributed by atoms with Gasteiger partial charge < -0.3 is 4.74 Å². The third-order valence-corrected chi connectivity index (χ3v) is 6.61. The lowest BCUT2D eigenvalue weighted by Crippen LogP contribution is -2.35. The summed E-state index contributed by atoms with van der Waals surface area (Å²) in [5, 5.41) is 0. The smallest absolute Gasteiger partial charge is 0.338 e. The number of esters is 1. The fraction of sp³-hybridized carbons (Fsp3) is 0.381. The number of hydrogen-bond acceptors (Lipinski definition) is 4. The SMILES string of the molecule is Cc1cc(C)cc(COC(=O)c2ccc(S(=O)(=O)N3CCCCC3)cc2)c1. The number of benzene rings is 2. The third kappa shape index (κ3) is 4.76. The summed E-state index contributed by atoms with van der Waals surface area (Å²) in [6.45, 7) is 5.30. The average Bonchev–Trinajstić information content (AvgIpc) is 2.66. The molecular weight excluding hydrogens is 362 g/mol. The van der Waals surface area contributed by atoms with Gasteiger partial charge in [-0.1, -0.05) is 35.7 Å². The first-order chi connectivity index (χ1) is 12.9. The highest BCUT2D eigenvalue weighted by Crippen LogP contribution is 2.21. The number of hydrogen-bond donors (Lipinski definition) is 0. The number of piperidine rings is 1. The Kier molecular flexibility index (Phi) is 5.97. The van der Waals surface area contributed by atoms with Crippen molar-refractivity contribution >= 4 is 16.0 Å². The molecule has 0 spiro atoms. The molecule has 0 unspecified atom stereocenters. The Balaban J connectivity index is 1.66. The van der Waals surface area contributed by atoms with E-state index in [0.29, 0.717) is 18.7 Å². The van der Waals surface area contributed by atoms with Gasteiger partial charge in [0.25, 0.3) is 0 Å². The summed E-state index contributed by atoms with van der Waals surface area (Å²) >= 11 is 0. The zero-order valence-electron chi connectivity index (χ0n) is 15.8. The molecule has 0 aliphatic carbocycles. The molecule has 0 bridgehead atoms. The topological polar surface area (TPSA) is 63.7 Å². The first-order valence-corrected chi connectivity index (χ1v) is 10.6. The van der Waals surface area contributed by atoms with Gasteiger partial charge >= 0.3 is 5.97 Å². The van der Waals surface area contributed by atoms with Crippen LogP contribution in [0.2, 0.25) is 0 Å². The number of carbonyl (C=O) groups excluding carboxylic acids is 1. The molecular formula is C21H25NO4S. The second-order valence-corrected chi connectivity index (χ2v) is 9.00. The summed E-state index contributed by atoms with van der Waals surface area (Å²) in [4.78, 5) is 12.5. The van der Waals surface area contributed by atoms with E-state index in [4.69, 9.17) is 4.74 Å². The minimum absolute atomic E-state index is 0.190. The van der Waals surface area contributed by atoms with Gasteiger partial charge in [0.2, 0.25) is 10.0 Å². The highest BCUT2D eigenvalue weighted by atomic mass is 32.2. The van der Waals surface area contributed by atoms with Crippen LogP contribution in [0.1, 0.15) is 46.3 Å². The van der Waals surface area contributed by atoms with Gasteiger partial charge in [-0.25, -0.2) is 13.2 Å². The Labute approximate surface area is 161 Å². The molecule has 1 aliphatic heterocycles. The van der Waals surface area contributed by atoms with Gasteiger partial charge in [0.1, 0.15) is 6.61 Å². The molecule has 0 N–H and O–H groups in total. The monoisotopic (exact) mass is 387 g/mol. The van der Waals surface area contributed by atoms with E-state index in [1.165, 1.54) is 28.6 Å². The van der Waals surface area contributed by atoms with E-state index >= 15 is 0 Å². The quantitative estimate of drug-likeness (QED) is 0.732. The maximum absolute atomic E-state index is 12.7. The van der Waals surface area contributed by atoms with Crippen molar-refractivity contribution in [2.75, 3.05) is 13.1 Å². The van der Waals surface area contributed by atoms with E-state index in [9.17, 15) is 13.2 Å². The summed E-state index contributed by atoms with van der Waals surface area (Å²) in [6.07, 6.45) is 2.85. The van der Waals surface area contributed by atoms with Crippen LogP contribution in [-0.2, 0) is 21.4 Å². The molecule has 0 amide bonds. The van der Waals surface area contributed by atoms with Crippen LogP contribution in [0.4, 0.5) is 0 Å². The van der Waals surface area contributed by atoms with E-state index in [1.807, 2.05) is 26.0 Å². The van der Waals surface area contributed by atoms with Gasteiger partial charge in [0, 0.05) is 13.1 Å². The van der Waals surface area contributed by atoms with Crippen LogP contribution in [0.5, 0.6) is 0 Å². The molecule has 27 heavy (non-hydrogen) atoms. The molecule has 0 aromatic heterocycles. The Morgan fingerprint density at radius 1 is 0.963 bits per heavy atom. The minimum atomic E-state index is -3.49. The van der Waals surface area contributed by atoms with E-state index < -0.39 is 16.0 Å². The number of carbonyl (C=O) groups is 1. The second kappa shape index (κ2) is 8.23. The molecule has 2 aromatic carbocycles. The van der Waals surface area contributed by atoms with E-state index in [1.54, 1.807) is 0 Å². The standard InChI is InChI=1S/C21H25NO4S/c1-16-12-17(2)14-18(13-16)15-26-21(23)19-6-8-20(9-7-19)27(24,25)22-10-4-3-5-11-22/h6-9,12-14H,3-5,10-11,15H2,1-2H3. The molecule has 0 radical (unpaired) electrons. The van der Waals surface area contributed by atoms with E-state index in [2.05, 4.69) is 6.07 Å². The van der Waals surface area contributed by atoms with Crippen LogP contribution in [0.15, 0.2) is 47.4 Å². The number of sulfonamides is 1. The zero-order valence-corrected chi connectivity index (χ0v) is 16.6. The Morgan fingerprint density at radius 2 is 1.56 bits per heavy atom. The molecule has 5 nitrogen and oxygen atoms in total. The summed E-state index contributed by atoms with van der Waals surface area (Å²) in [5.74, 6) is -0.462.